The Balaban J connectivity index is 1.94. The van der Waals surface area contributed by atoms with Gasteiger partial charge in [-0.25, -0.2) is 14.8 Å². The molecule has 9 nitrogen and oxygen atoms in total. The van der Waals surface area contributed by atoms with E-state index in [0.29, 0.717) is 35.2 Å². The first-order valence-electron chi connectivity index (χ1n) is 10.5. The number of aliphatic carboxylic acids is 1. The van der Waals surface area contributed by atoms with Crippen molar-refractivity contribution in [2.45, 2.75) is 47.1 Å². The van der Waals surface area contributed by atoms with E-state index in [1.54, 1.807) is 14.0 Å². The van der Waals surface area contributed by atoms with Gasteiger partial charge in [0.15, 0.2) is 0 Å². The Hall–Kier alpha value is -3.62. The van der Waals surface area contributed by atoms with Crippen LogP contribution in [0.15, 0.2) is 16.7 Å². The van der Waals surface area contributed by atoms with Crippen LogP contribution in [0.4, 0.5) is 5.82 Å². The summed E-state index contributed by atoms with van der Waals surface area (Å²) in [5.41, 5.74) is 3.96. The summed E-state index contributed by atoms with van der Waals surface area (Å²) in [7, 11) is 1.61. The summed E-state index contributed by atoms with van der Waals surface area (Å²) in [6, 6.07) is 3.13. The minimum absolute atomic E-state index is 0.211. The van der Waals surface area contributed by atoms with E-state index in [-0.39, 0.29) is 5.92 Å². The van der Waals surface area contributed by atoms with Gasteiger partial charge in [-0.05, 0) is 45.2 Å². The van der Waals surface area contributed by atoms with Gasteiger partial charge in [-0.1, -0.05) is 19.0 Å². The van der Waals surface area contributed by atoms with E-state index in [0.717, 1.165) is 33.1 Å². The van der Waals surface area contributed by atoms with Crippen LogP contribution >= 0.6 is 0 Å². The highest BCUT2D eigenvalue weighted by Gasteiger charge is 2.24. The maximum atomic E-state index is 11.9. The zero-order valence-electron chi connectivity index (χ0n) is 19.0. The molecule has 0 amide bonds. The first-order valence-corrected chi connectivity index (χ1v) is 10.5. The van der Waals surface area contributed by atoms with Crippen molar-refractivity contribution in [3.05, 3.63) is 29.4 Å². The van der Waals surface area contributed by atoms with Crippen LogP contribution in [0, 0.1) is 26.7 Å². The predicted molar refractivity (Wildman–Crippen MR) is 122 cm³/mol. The summed E-state index contributed by atoms with van der Waals surface area (Å²) in [4.78, 5) is 24.3. The molecule has 0 aliphatic rings. The molecule has 3 aromatic heterocycles. The highest BCUT2D eigenvalue weighted by atomic mass is 16.5. The Morgan fingerprint density at radius 3 is 2.59 bits per heavy atom. The molecule has 0 unspecified atom stereocenters. The van der Waals surface area contributed by atoms with Crippen LogP contribution < -0.4 is 10.1 Å². The number of aromatic amines is 1. The number of aryl methyl sites for hydroxylation is 3. The normalized spacial score (nSPS) is 12.6. The lowest BCUT2D eigenvalue weighted by Gasteiger charge is -2.18. The van der Waals surface area contributed by atoms with Gasteiger partial charge in [0.1, 0.15) is 34.8 Å². The second-order valence-corrected chi connectivity index (χ2v) is 8.43. The van der Waals surface area contributed by atoms with E-state index in [1.165, 1.54) is 0 Å². The van der Waals surface area contributed by atoms with Gasteiger partial charge >= 0.3 is 5.97 Å². The Labute approximate surface area is 185 Å². The van der Waals surface area contributed by atoms with Crippen LogP contribution in [0.25, 0.3) is 33.1 Å². The van der Waals surface area contributed by atoms with E-state index in [2.05, 4.69) is 25.4 Å². The lowest BCUT2D eigenvalue weighted by Crippen LogP contribution is -2.31. The van der Waals surface area contributed by atoms with Crippen molar-refractivity contribution < 1.29 is 19.2 Å². The van der Waals surface area contributed by atoms with E-state index >= 15 is 0 Å². The third-order valence-electron chi connectivity index (χ3n) is 5.50. The monoisotopic (exact) mass is 437 g/mol. The Morgan fingerprint density at radius 1 is 1.25 bits per heavy atom. The number of methoxy groups -OCH3 is 1. The predicted octanol–water partition coefficient (Wildman–Crippen LogP) is 4.61. The number of H-pyrrole nitrogens is 1. The van der Waals surface area contributed by atoms with Gasteiger partial charge in [0.05, 0.1) is 23.8 Å². The zero-order chi connectivity index (χ0) is 23.2. The Kier molecular flexibility index (Phi) is 5.50. The molecule has 0 bridgehead atoms. The molecule has 0 aliphatic carbocycles. The van der Waals surface area contributed by atoms with Crippen molar-refractivity contribution >= 4 is 33.7 Å². The molecule has 3 heterocycles. The highest BCUT2D eigenvalue weighted by Crippen LogP contribution is 2.40. The summed E-state index contributed by atoms with van der Waals surface area (Å²) in [5.74, 6) is 1.67. The highest BCUT2D eigenvalue weighted by molar-refractivity contribution is 6.13. The van der Waals surface area contributed by atoms with Crippen molar-refractivity contribution in [2.75, 3.05) is 12.4 Å². The number of nitrogens with one attached hydrogen (secondary N) is 2. The van der Waals surface area contributed by atoms with Gasteiger partial charge in [0.25, 0.3) is 0 Å². The van der Waals surface area contributed by atoms with Crippen LogP contribution in [0.3, 0.4) is 0 Å². The molecular weight excluding hydrogens is 410 g/mol. The van der Waals surface area contributed by atoms with Crippen LogP contribution in [0.5, 0.6) is 5.75 Å². The fourth-order valence-corrected chi connectivity index (χ4v) is 4.13. The van der Waals surface area contributed by atoms with Gasteiger partial charge < -0.3 is 24.7 Å². The number of fused-ring (bicyclic) bond motifs is 3. The molecule has 0 aliphatic heterocycles. The average Bonchev–Trinajstić information content (AvgIpc) is 3.24. The maximum absolute atomic E-state index is 11.9. The minimum Gasteiger partial charge on any atom is -0.496 e. The number of nitrogens with zero attached hydrogens (tertiary/aromatic N) is 3. The quantitative estimate of drug-likeness (QED) is 0.383. The Morgan fingerprint density at radius 2 is 2.00 bits per heavy atom. The topological polar surface area (TPSA) is 126 Å². The fraction of sp³-hybridized carbons (Fsp3) is 0.391. The maximum Gasteiger partial charge on any atom is 0.326 e. The summed E-state index contributed by atoms with van der Waals surface area (Å²) in [6.45, 7) is 9.51. The molecule has 32 heavy (non-hydrogen) atoms. The Bertz CT molecular complexity index is 1300. The number of hydrogen-bond acceptors (Lipinski definition) is 7. The van der Waals surface area contributed by atoms with Gasteiger partial charge in [-0.3, -0.25) is 0 Å². The zero-order valence-corrected chi connectivity index (χ0v) is 19.0. The number of benzene rings is 1. The second-order valence-electron chi connectivity index (χ2n) is 8.43. The second kappa shape index (κ2) is 8.14. The van der Waals surface area contributed by atoms with Crippen LogP contribution in [0.2, 0.25) is 0 Å². The van der Waals surface area contributed by atoms with Crippen LogP contribution in [0.1, 0.15) is 37.5 Å². The van der Waals surface area contributed by atoms with E-state index in [9.17, 15) is 9.90 Å². The van der Waals surface area contributed by atoms with Crippen molar-refractivity contribution in [3.63, 3.8) is 0 Å². The summed E-state index contributed by atoms with van der Waals surface area (Å²) in [6.07, 6.45) is 0.474. The molecular formula is C23H27N5O4. The molecule has 3 N–H and O–H groups in total. The van der Waals surface area contributed by atoms with Crippen molar-refractivity contribution in [3.8, 4) is 16.9 Å². The third-order valence-corrected chi connectivity index (χ3v) is 5.50. The van der Waals surface area contributed by atoms with Crippen molar-refractivity contribution in [1.82, 2.24) is 20.1 Å². The average molecular weight is 438 g/mol. The van der Waals surface area contributed by atoms with Crippen LogP contribution in [-0.4, -0.2) is 44.3 Å². The molecule has 4 aromatic rings. The molecule has 0 radical (unpaired) electrons. The molecule has 0 saturated heterocycles. The lowest BCUT2D eigenvalue weighted by atomic mass is 10.0. The van der Waals surface area contributed by atoms with Gasteiger partial charge in [-0.2, -0.15) is 0 Å². The number of carboxylic acid groups (broad SMARTS) is 1. The lowest BCUT2D eigenvalue weighted by molar-refractivity contribution is -0.138. The van der Waals surface area contributed by atoms with E-state index in [1.807, 2.05) is 39.8 Å². The number of rotatable bonds is 7. The smallest absolute Gasteiger partial charge is 0.326 e. The molecule has 4 rings (SSSR count). The fourth-order valence-electron chi connectivity index (χ4n) is 4.13. The van der Waals surface area contributed by atoms with E-state index in [4.69, 9.17) is 9.26 Å². The number of carbonyl (C=O) groups is 1. The molecule has 168 valence electrons. The standard InChI is InChI=1S/C23H27N5O4/c1-10(2)7-17(23(29)30)27-22-20-14-9-18(31-6)15(19-11(3)28-32-12(19)4)8-16(14)26-21(20)24-13(5)25-22/h8-10,17H,7H2,1-6H3,(H,29,30)(H2,24,25,26,27)/t17-/m0/s1. The summed E-state index contributed by atoms with van der Waals surface area (Å²) in [5, 5.41) is 18.5. The summed E-state index contributed by atoms with van der Waals surface area (Å²) < 4.78 is 11.1. The first-order chi connectivity index (χ1) is 15.2. The van der Waals surface area contributed by atoms with Gasteiger partial charge in [0.2, 0.25) is 0 Å². The minimum atomic E-state index is -0.916. The van der Waals surface area contributed by atoms with Crippen molar-refractivity contribution in [2.24, 2.45) is 5.92 Å². The number of carboxylic acids is 1. The molecule has 0 saturated carbocycles. The third kappa shape index (κ3) is 3.74. The summed E-state index contributed by atoms with van der Waals surface area (Å²) >= 11 is 0. The molecule has 1 atom stereocenters. The number of ether oxygens (including phenoxy) is 1. The number of aromatic nitrogens is 4. The largest absolute Gasteiger partial charge is 0.496 e. The molecule has 9 heteroatoms. The van der Waals surface area contributed by atoms with Crippen molar-refractivity contribution in [1.29, 1.82) is 0 Å². The molecule has 0 fully saturated rings. The number of hydrogen-bond donors (Lipinski definition) is 3. The van der Waals surface area contributed by atoms with Gasteiger partial charge in [-0.15, -0.1) is 0 Å². The van der Waals surface area contributed by atoms with Gasteiger partial charge in [0, 0.05) is 16.5 Å². The van der Waals surface area contributed by atoms with E-state index < -0.39 is 12.0 Å². The molecule has 0 spiro atoms. The molecule has 1 aromatic carbocycles. The number of anilines is 1. The van der Waals surface area contributed by atoms with Crippen LogP contribution in [-0.2, 0) is 4.79 Å². The SMILES string of the molecule is COc1cc2c(cc1-c1c(C)noc1C)[nH]c1nc(C)nc(N[C@@H](CC(C)C)C(=O)O)c12. The first kappa shape index (κ1) is 21.6.